The minimum atomic E-state index is -2.99. The molecule has 1 aromatic carbocycles. The van der Waals surface area contributed by atoms with E-state index in [-0.39, 0.29) is 17.1 Å². The number of sulfone groups is 1. The van der Waals surface area contributed by atoms with Crippen molar-refractivity contribution in [3.63, 3.8) is 0 Å². The average molecular weight is 429 g/mol. The molecule has 0 radical (unpaired) electrons. The molecule has 1 amide bonds. The first-order valence-corrected chi connectivity index (χ1v) is 12.4. The lowest BCUT2D eigenvalue weighted by molar-refractivity contribution is 0.0751. The first kappa shape index (κ1) is 20.9. The number of hydrogen-bond donors (Lipinski definition) is 0. The highest BCUT2D eigenvalue weighted by Crippen LogP contribution is 2.46. The summed E-state index contributed by atoms with van der Waals surface area (Å²) in [4.78, 5) is 25.3. The van der Waals surface area contributed by atoms with Crippen LogP contribution in [0.25, 0.3) is 0 Å². The van der Waals surface area contributed by atoms with Crippen LogP contribution in [0.2, 0.25) is 0 Å². The summed E-state index contributed by atoms with van der Waals surface area (Å²) in [6, 6.07) is 10.4. The summed E-state index contributed by atoms with van der Waals surface area (Å²) < 4.78 is 23.3. The van der Waals surface area contributed by atoms with E-state index in [1.807, 2.05) is 11.0 Å². The fourth-order valence-corrected chi connectivity index (χ4v) is 5.47. The Hall–Kier alpha value is -2.32. The number of fused-ring (bicyclic) bond motifs is 1. The van der Waals surface area contributed by atoms with Crippen LogP contribution >= 0.6 is 0 Å². The van der Waals surface area contributed by atoms with Gasteiger partial charge in [-0.05, 0) is 24.3 Å². The molecule has 0 unspecified atom stereocenters. The molecule has 8 heteroatoms. The Morgan fingerprint density at radius 1 is 1.17 bits per heavy atom. The molecule has 2 aliphatic rings. The maximum atomic E-state index is 13.0. The van der Waals surface area contributed by atoms with Crippen LogP contribution < -0.4 is 0 Å². The molecule has 0 saturated carbocycles. The average Bonchev–Trinajstić information content (AvgIpc) is 3.25. The Bertz CT molecular complexity index is 984. The molecule has 2 saturated heterocycles. The van der Waals surface area contributed by atoms with Crippen LogP contribution in [0, 0.1) is 11.3 Å². The number of aromatic nitrogens is 2. The number of amides is 1. The van der Waals surface area contributed by atoms with Gasteiger partial charge in [0.25, 0.3) is 5.91 Å². The third-order valence-corrected chi connectivity index (χ3v) is 7.36. The van der Waals surface area contributed by atoms with Gasteiger partial charge in [0, 0.05) is 56.8 Å². The second-order valence-electron chi connectivity index (χ2n) is 8.69. The number of benzene rings is 1. The lowest BCUT2D eigenvalue weighted by atomic mass is 9.76. The highest BCUT2D eigenvalue weighted by Gasteiger charge is 2.53. The van der Waals surface area contributed by atoms with Crippen molar-refractivity contribution in [1.82, 2.24) is 19.8 Å². The number of aryl methyl sites for hydroxylation is 1. The van der Waals surface area contributed by atoms with Crippen molar-refractivity contribution in [2.45, 2.75) is 12.8 Å². The lowest BCUT2D eigenvalue weighted by Crippen LogP contribution is -2.38. The van der Waals surface area contributed by atoms with Crippen LogP contribution in [-0.2, 0) is 16.3 Å². The first-order chi connectivity index (χ1) is 14.3. The molecule has 7 nitrogen and oxygen atoms in total. The van der Waals surface area contributed by atoms with Crippen LogP contribution in [0.5, 0.6) is 0 Å². The van der Waals surface area contributed by atoms with Crippen LogP contribution in [-0.4, -0.2) is 78.8 Å². The van der Waals surface area contributed by atoms with E-state index >= 15 is 0 Å². The van der Waals surface area contributed by atoms with Crippen molar-refractivity contribution in [2.24, 2.45) is 11.3 Å². The SMILES string of the molecule is CS(=O)(=O)CCN1C[C@H]2CN(C(=O)c3cnccn3)C[C@@]2(CCc2ccccc2)C1. The van der Waals surface area contributed by atoms with E-state index in [9.17, 15) is 13.2 Å². The van der Waals surface area contributed by atoms with Crippen LogP contribution in [0.3, 0.4) is 0 Å². The van der Waals surface area contributed by atoms with E-state index in [2.05, 4.69) is 39.1 Å². The Kier molecular flexibility index (Phi) is 5.88. The van der Waals surface area contributed by atoms with Crippen molar-refractivity contribution in [3.05, 3.63) is 60.2 Å². The molecule has 0 bridgehead atoms. The monoisotopic (exact) mass is 428 g/mol. The van der Waals surface area contributed by atoms with Gasteiger partial charge in [0.2, 0.25) is 0 Å². The molecule has 0 aliphatic carbocycles. The molecule has 2 atom stereocenters. The van der Waals surface area contributed by atoms with Gasteiger partial charge in [-0.2, -0.15) is 0 Å². The van der Waals surface area contributed by atoms with Gasteiger partial charge in [-0.1, -0.05) is 30.3 Å². The number of likely N-dealkylation sites (tertiary alicyclic amines) is 2. The van der Waals surface area contributed by atoms with Crippen molar-refractivity contribution in [2.75, 3.05) is 44.7 Å². The second-order valence-corrected chi connectivity index (χ2v) is 10.9. The number of nitrogens with zero attached hydrogens (tertiary/aromatic N) is 4. The van der Waals surface area contributed by atoms with Gasteiger partial charge in [0.1, 0.15) is 15.5 Å². The molecule has 2 fully saturated rings. The third-order valence-electron chi connectivity index (χ3n) is 6.43. The summed E-state index contributed by atoms with van der Waals surface area (Å²) in [7, 11) is -2.99. The molecular weight excluding hydrogens is 400 g/mol. The molecule has 2 aliphatic heterocycles. The number of rotatable bonds is 7. The molecule has 160 valence electrons. The summed E-state index contributed by atoms with van der Waals surface area (Å²) in [5, 5.41) is 0. The molecule has 1 aromatic heterocycles. The van der Waals surface area contributed by atoms with E-state index in [1.165, 1.54) is 18.0 Å². The zero-order valence-electron chi connectivity index (χ0n) is 17.3. The predicted octanol–water partition coefficient (Wildman–Crippen LogP) is 1.53. The van der Waals surface area contributed by atoms with Crippen molar-refractivity contribution in [1.29, 1.82) is 0 Å². The van der Waals surface area contributed by atoms with Crippen LogP contribution in [0.1, 0.15) is 22.5 Å². The topological polar surface area (TPSA) is 83.5 Å². The van der Waals surface area contributed by atoms with E-state index in [1.54, 1.807) is 12.4 Å². The van der Waals surface area contributed by atoms with E-state index in [0.29, 0.717) is 31.2 Å². The normalized spacial score (nSPS) is 24.2. The highest BCUT2D eigenvalue weighted by molar-refractivity contribution is 7.90. The largest absolute Gasteiger partial charge is 0.336 e. The summed E-state index contributed by atoms with van der Waals surface area (Å²) in [5.41, 5.74) is 1.65. The Balaban J connectivity index is 1.50. The standard InChI is InChI=1S/C22H28N4O3S/c1-30(28,29)12-11-25-14-19-15-26(21(27)20-13-23-9-10-24-20)17-22(19,16-25)8-7-18-5-3-2-4-6-18/h2-6,9-10,13,19H,7-8,11-12,14-17H2,1H3/t19-,22+/m0/s1. The summed E-state index contributed by atoms with van der Waals surface area (Å²) in [6.07, 6.45) is 7.84. The van der Waals surface area contributed by atoms with Gasteiger partial charge >= 0.3 is 0 Å². The van der Waals surface area contributed by atoms with Gasteiger partial charge in [0.05, 0.1) is 11.9 Å². The van der Waals surface area contributed by atoms with Gasteiger partial charge in [-0.25, -0.2) is 13.4 Å². The Labute approximate surface area is 178 Å². The summed E-state index contributed by atoms with van der Waals surface area (Å²) >= 11 is 0. The van der Waals surface area contributed by atoms with Crippen molar-refractivity contribution in [3.8, 4) is 0 Å². The Morgan fingerprint density at radius 3 is 2.67 bits per heavy atom. The molecule has 3 heterocycles. The fraction of sp³-hybridized carbons (Fsp3) is 0.500. The maximum Gasteiger partial charge on any atom is 0.274 e. The Morgan fingerprint density at radius 2 is 1.97 bits per heavy atom. The van der Waals surface area contributed by atoms with Gasteiger partial charge in [0.15, 0.2) is 0 Å². The summed E-state index contributed by atoms with van der Waals surface area (Å²) in [6.45, 7) is 3.56. The minimum Gasteiger partial charge on any atom is -0.336 e. The molecule has 0 spiro atoms. The van der Waals surface area contributed by atoms with E-state index < -0.39 is 9.84 Å². The van der Waals surface area contributed by atoms with E-state index in [4.69, 9.17) is 0 Å². The number of carbonyl (C=O) groups is 1. The van der Waals surface area contributed by atoms with Gasteiger partial charge in [-0.15, -0.1) is 0 Å². The highest BCUT2D eigenvalue weighted by atomic mass is 32.2. The second kappa shape index (κ2) is 8.43. The quantitative estimate of drug-likeness (QED) is 0.665. The van der Waals surface area contributed by atoms with E-state index in [0.717, 1.165) is 25.9 Å². The lowest BCUT2D eigenvalue weighted by Gasteiger charge is -2.29. The van der Waals surface area contributed by atoms with Crippen LogP contribution in [0.4, 0.5) is 0 Å². The third kappa shape index (κ3) is 4.70. The molecule has 30 heavy (non-hydrogen) atoms. The number of carbonyl (C=O) groups excluding carboxylic acids is 1. The van der Waals surface area contributed by atoms with Crippen molar-refractivity contribution < 1.29 is 13.2 Å². The predicted molar refractivity (Wildman–Crippen MR) is 115 cm³/mol. The maximum absolute atomic E-state index is 13.0. The van der Waals surface area contributed by atoms with Crippen molar-refractivity contribution >= 4 is 15.7 Å². The molecular formula is C22H28N4O3S. The van der Waals surface area contributed by atoms with Gasteiger partial charge in [-0.3, -0.25) is 9.78 Å². The first-order valence-electron chi connectivity index (χ1n) is 10.3. The van der Waals surface area contributed by atoms with Crippen LogP contribution in [0.15, 0.2) is 48.9 Å². The molecule has 0 N–H and O–H groups in total. The zero-order valence-corrected chi connectivity index (χ0v) is 18.1. The fourth-order valence-electron chi connectivity index (χ4n) is 4.88. The molecule has 2 aromatic rings. The smallest absolute Gasteiger partial charge is 0.274 e. The van der Waals surface area contributed by atoms with Gasteiger partial charge < -0.3 is 9.80 Å². The summed E-state index contributed by atoms with van der Waals surface area (Å²) in [5.74, 6) is 0.442. The minimum absolute atomic E-state index is 0.0226. The zero-order chi connectivity index (χ0) is 21.2. The number of hydrogen-bond acceptors (Lipinski definition) is 6. The molecule has 4 rings (SSSR count).